The van der Waals surface area contributed by atoms with E-state index in [-0.39, 0.29) is 6.61 Å². The van der Waals surface area contributed by atoms with Crippen LogP contribution in [-0.4, -0.2) is 24.0 Å². The first-order valence-electron chi connectivity index (χ1n) is 6.29. The van der Waals surface area contributed by atoms with Crippen molar-refractivity contribution in [3.8, 4) is 5.75 Å². The highest BCUT2D eigenvalue weighted by Gasteiger charge is 2.28. The van der Waals surface area contributed by atoms with Gasteiger partial charge in [-0.3, -0.25) is 9.59 Å². The predicted molar refractivity (Wildman–Crippen MR) is 76.2 cm³/mol. The molecule has 0 saturated heterocycles. The summed E-state index contributed by atoms with van der Waals surface area (Å²) >= 11 is 0. The standard InChI is InChI=1S/C16H16O4/c1-16(2,15(18)19)10-20-14-8-7-11-5-3-4-6-12(11)13(14)9-17/h3-9H,10H2,1-2H3,(H,18,19). The number of carbonyl (C=O) groups excluding carboxylic acids is 1. The quantitative estimate of drug-likeness (QED) is 0.849. The maximum atomic E-state index is 11.3. The van der Waals surface area contributed by atoms with E-state index in [1.165, 1.54) is 0 Å². The maximum absolute atomic E-state index is 11.3. The van der Waals surface area contributed by atoms with Crippen LogP contribution in [0.2, 0.25) is 0 Å². The van der Waals surface area contributed by atoms with Crippen molar-refractivity contribution in [2.45, 2.75) is 13.8 Å². The minimum absolute atomic E-state index is 0.00150. The van der Waals surface area contributed by atoms with Crippen LogP contribution in [0.15, 0.2) is 36.4 Å². The van der Waals surface area contributed by atoms with Crippen molar-refractivity contribution in [3.63, 3.8) is 0 Å². The molecule has 20 heavy (non-hydrogen) atoms. The van der Waals surface area contributed by atoms with E-state index in [1.54, 1.807) is 19.9 Å². The van der Waals surface area contributed by atoms with Gasteiger partial charge in [0.15, 0.2) is 6.29 Å². The fraction of sp³-hybridized carbons (Fsp3) is 0.250. The smallest absolute Gasteiger partial charge is 0.312 e. The van der Waals surface area contributed by atoms with Crippen LogP contribution in [-0.2, 0) is 4.79 Å². The molecule has 0 aliphatic heterocycles. The molecule has 0 aliphatic carbocycles. The second-order valence-corrected chi connectivity index (χ2v) is 5.29. The highest BCUT2D eigenvalue weighted by Crippen LogP contribution is 2.28. The molecule has 0 aliphatic rings. The van der Waals surface area contributed by atoms with Crippen LogP contribution in [0.4, 0.5) is 0 Å². The molecule has 0 radical (unpaired) electrons. The van der Waals surface area contributed by atoms with Gasteiger partial charge in [-0.2, -0.15) is 0 Å². The van der Waals surface area contributed by atoms with Gasteiger partial charge in [0.1, 0.15) is 12.4 Å². The Balaban J connectivity index is 2.35. The molecular weight excluding hydrogens is 256 g/mol. The number of hydrogen-bond acceptors (Lipinski definition) is 3. The lowest BCUT2D eigenvalue weighted by Crippen LogP contribution is -2.30. The average molecular weight is 272 g/mol. The lowest BCUT2D eigenvalue weighted by Gasteiger charge is -2.20. The molecule has 0 heterocycles. The average Bonchev–Trinajstić information content (AvgIpc) is 2.44. The van der Waals surface area contributed by atoms with Crippen molar-refractivity contribution in [2.24, 2.45) is 5.41 Å². The Hall–Kier alpha value is -2.36. The molecule has 0 spiro atoms. The highest BCUT2D eigenvalue weighted by molar-refractivity contribution is 6.00. The molecule has 2 aromatic rings. The predicted octanol–water partition coefficient (Wildman–Crippen LogP) is 3.14. The first-order chi connectivity index (χ1) is 9.45. The molecule has 0 unspecified atom stereocenters. The number of aldehydes is 1. The molecule has 0 amide bonds. The van der Waals surface area contributed by atoms with Gasteiger partial charge in [-0.15, -0.1) is 0 Å². The Morgan fingerprint density at radius 1 is 1.25 bits per heavy atom. The molecule has 104 valence electrons. The molecule has 0 saturated carbocycles. The Morgan fingerprint density at radius 3 is 2.60 bits per heavy atom. The number of benzene rings is 2. The summed E-state index contributed by atoms with van der Waals surface area (Å²) in [4.78, 5) is 22.4. The molecule has 4 nitrogen and oxygen atoms in total. The van der Waals surface area contributed by atoms with Crippen LogP contribution in [0.3, 0.4) is 0 Å². The number of carboxylic acid groups (broad SMARTS) is 1. The lowest BCUT2D eigenvalue weighted by atomic mass is 9.95. The zero-order chi connectivity index (χ0) is 14.8. The number of rotatable bonds is 5. The van der Waals surface area contributed by atoms with E-state index in [9.17, 15) is 9.59 Å². The molecule has 1 N–H and O–H groups in total. The van der Waals surface area contributed by atoms with Gasteiger partial charge < -0.3 is 9.84 Å². The van der Waals surface area contributed by atoms with E-state index in [0.29, 0.717) is 11.3 Å². The summed E-state index contributed by atoms with van der Waals surface area (Å²) in [5.74, 6) is -0.529. The molecular formula is C16H16O4. The molecule has 4 heteroatoms. The van der Waals surface area contributed by atoms with Gasteiger partial charge in [0.05, 0.1) is 11.0 Å². The zero-order valence-corrected chi connectivity index (χ0v) is 11.4. The monoisotopic (exact) mass is 272 g/mol. The third-order valence-corrected chi connectivity index (χ3v) is 3.22. The molecule has 2 aromatic carbocycles. The van der Waals surface area contributed by atoms with Crippen LogP contribution >= 0.6 is 0 Å². The number of carbonyl (C=O) groups is 2. The van der Waals surface area contributed by atoms with Gasteiger partial charge in [-0.05, 0) is 30.7 Å². The number of carboxylic acids is 1. The molecule has 0 bridgehead atoms. The summed E-state index contributed by atoms with van der Waals surface area (Å²) in [5.41, 5.74) is -0.560. The van der Waals surface area contributed by atoms with Crippen LogP contribution in [0.1, 0.15) is 24.2 Å². The minimum Gasteiger partial charge on any atom is -0.492 e. The van der Waals surface area contributed by atoms with Crippen molar-refractivity contribution >= 4 is 23.0 Å². The second kappa shape index (κ2) is 5.33. The van der Waals surface area contributed by atoms with E-state index < -0.39 is 11.4 Å². The van der Waals surface area contributed by atoms with Crippen LogP contribution < -0.4 is 4.74 Å². The van der Waals surface area contributed by atoms with Crippen molar-refractivity contribution < 1.29 is 19.4 Å². The van der Waals surface area contributed by atoms with Crippen LogP contribution in [0, 0.1) is 5.41 Å². The Labute approximate surface area is 117 Å². The molecule has 0 aromatic heterocycles. The minimum atomic E-state index is -1.01. The summed E-state index contributed by atoms with van der Waals surface area (Å²) in [6.45, 7) is 3.16. The third kappa shape index (κ3) is 2.64. The Bertz CT molecular complexity index is 659. The van der Waals surface area contributed by atoms with Crippen molar-refractivity contribution in [1.82, 2.24) is 0 Å². The van der Waals surface area contributed by atoms with E-state index >= 15 is 0 Å². The Kier molecular flexibility index (Phi) is 3.74. The topological polar surface area (TPSA) is 63.6 Å². The first-order valence-corrected chi connectivity index (χ1v) is 6.29. The van der Waals surface area contributed by atoms with Gasteiger partial charge in [0.25, 0.3) is 0 Å². The number of ether oxygens (including phenoxy) is 1. The zero-order valence-electron chi connectivity index (χ0n) is 11.4. The molecule has 0 atom stereocenters. The van der Waals surface area contributed by atoms with Crippen molar-refractivity contribution in [2.75, 3.05) is 6.61 Å². The molecule has 0 fully saturated rings. The number of fused-ring (bicyclic) bond motifs is 1. The lowest BCUT2D eigenvalue weighted by molar-refractivity contribution is -0.148. The SMILES string of the molecule is CC(C)(COc1ccc2ccccc2c1C=O)C(=O)O. The third-order valence-electron chi connectivity index (χ3n) is 3.22. The Morgan fingerprint density at radius 2 is 1.95 bits per heavy atom. The van der Waals surface area contributed by atoms with Gasteiger partial charge in [-0.1, -0.05) is 30.3 Å². The fourth-order valence-electron chi connectivity index (χ4n) is 1.84. The van der Waals surface area contributed by atoms with Gasteiger partial charge in [0.2, 0.25) is 0 Å². The van der Waals surface area contributed by atoms with E-state index in [1.807, 2.05) is 30.3 Å². The summed E-state index contributed by atoms with van der Waals surface area (Å²) < 4.78 is 5.55. The fourth-order valence-corrected chi connectivity index (χ4v) is 1.84. The van der Waals surface area contributed by atoms with Crippen LogP contribution in [0.25, 0.3) is 10.8 Å². The van der Waals surface area contributed by atoms with Gasteiger partial charge in [0, 0.05) is 0 Å². The largest absolute Gasteiger partial charge is 0.492 e. The van der Waals surface area contributed by atoms with Crippen molar-refractivity contribution in [1.29, 1.82) is 0 Å². The normalized spacial score (nSPS) is 11.3. The first kappa shape index (κ1) is 14.1. The highest BCUT2D eigenvalue weighted by atomic mass is 16.5. The number of hydrogen-bond donors (Lipinski definition) is 1. The summed E-state index contributed by atoms with van der Waals surface area (Å²) in [6, 6.07) is 11.0. The maximum Gasteiger partial charge on any atom is 0.312 e. The van der Waals surface area contributed by atoms with Crippen molar-refractivity contribution in [3.05, 3.63) is 42.0 Å². The molecule has 2 rings (SSSR count). The van der Waals surface area contributed by atoms with Crippen LogP contribution in [0.5, 0.6) is 5.75 Å². The summed E-state index contributed by atoms with van der Waals surface area (Å²) in [6.07, 6.45) is 0.742. The van der Waals surface area contributed by atoms with E-state index in [4.69, 9.17) is 9.84 Å². The summed E-state index contributed by atoms with van der Waals surface area (Å²) in [5, 5.41) is 10.8. The van der Waals surface area contributed by atoms with E-state index in [2.05, 4.69) is 0 Å². The number of aliphatic carboxylic acids is 1. The van der Waals surface area contributed by atoms with Gasteiger partial charge >= 0.3 is 5.97 Å². The summed E-state index contributed by atoms with van der Waals surface area (Å²) in [7, 11) is 0. The van der Waals surface area contributed by atoms with E-state index in [0.717, 1.165) is 17.1 Å². The van der Waals surface area contributed by atoms with Gasteiger partial charge in [-0.25, -0.2) is 0 Å². The second-order valence-electron chi connectivity index (χ2n) is 5.29.